The Kier molecular flexibility index (Phi) is 6.24. The van der Waals surface area contributed by atoms with Crippen LogP contribution in [0.3, 0.4) is 0 Å². The lowest BCUT2D eigenvalue weighted by molar-refractivity contribution is 0.0594. The van der Waals surface area contributed by atoms with Crippen LogP contribution in [0.15, 0.2) is 36.5 Å². The molecule has 0 bridgehead atoms. The van der Waals surface area contributed by atoms with E-state index in [9.17, 15) is 4.79 Å². The van der Waals surface area contributed by atoms with Crippen LogP contribution in [0.25, 0.3) is 10.9 Å². The summed E-state index contributed by atoms with van der Waals surface area (Å²) in [6.45, 7) is 6.31. The molecule has 1 saturated heterocycles. The van der Waals surface area contributed by atoms with Gasteiger partial charge < -0.3 is 19.1 Å². The molecule has 0 N–H and O–H groups in total. The highest BCUT2D eigenvalue weighted by Gasteiger charge is 2.30. The molecular formula is C26H30N4O4. The number of carbonyl (C=O) groups excluding carboxylic acids is 1. The van der Waals surface area contributed by atoms with Crippen LogP contribution >= 0.6 is 0 Å². The van der Waals surface area contributed by atoms with Crippen molar-refractivity contribution in [1.82, 2.24) is 14.9 Å². The second kappa shape index (κ2) is 9.46. The Bertz CT molecular complexity index is 1200. The lowest BCUT2D eigenvalue weighted by atomic mass is 10.0. The van der Waals surface area contributed by atoms with Crippen LogP contribution in [0.5, 0.6) is 11.6 Å². The van der Waals surface area contributed by atoms with Crippen LogP contribution in [-0.2, 0) is 17.7 Å². The maximum atomic E-state index is 11.7. The molecule has 2 aromatic heterocycles. The first kappa shape index (κ1) is 22.4. The van der Waals surface area contributed by atoms with E-state index in [-0.39, 0.29) is 0 Å². The van der Waals surface area contributed by atoms with Crippen LogP contribution in [0.2, 0.25) is 0 Å². The van der Waals surface area contributed by atoms with E-state index in [2.05, 4.69) is 39.9 Å². The average Bonchev–Trinajstić information content (AvgIpc) is 2.87. The largest absolute Gasteiger partial charge is 0.493 e. The van der Waals surface area contributed by atoms with E-state index in [1.165, 1.54) is 7.11 Å². The smallest absolute Gasteiger partial charge is 0.356 e. The summed E-state index contributed by atoms with van der Waals surface area (Å²) in [6, 6.07) is 10.5. The lowest BCUT2D eigenvalue weighted by Crippen LogP contribution is -2.53. The van der Waals surface area contributed by atoms with Crippen molar-refractivity contribution in [2.24, 2.45) is 0 Å². The molecule has 34 heavy (non-hydrogen) atoms. The van der Waals surface area contributed by atoms with Crippen LogP contribution in [-0.4, -0.2) is 67.3 Å². The first-order chi connectivity index (χ1) is 16.6. The fourth-order valence-corrected chi connectivity index (χ4v) is 4.89. The number of fused-ring (bicyclic) bond motifs is 3. The van der Waals surface area contributed by atoms with Crippen molar-refractivity contribution < 1.29 is 19.0 Å². The number of carbonyl (C=O) groups is 1. The van der Waals surface area contributed by atoms with Crippen LogP contribution < -0.4 is 14.4 Å². The molecule has 0 spiro atoms. The van der Waals surface area contributed by atoms with Crippen molar-refractivity contribution in [2.75, 3.05) is 45.4 Å². The number of aromatic nitrogens is 2. The van der Waals surface area contributed by atoms with Crippen molar-refractivity contribution >= 4 is 22.6 Å². The highest BCUT2D eigenvalue weighted by Crippen LogP contribution is 2.33. The summed E-state index contributed by atoms with van der Waals surface area (Å²) in [6.07, 6.45) is 3.58. The second-order valence-electron chi connectivity index (χ2n) is 8.76. The molecule has 0 radical (unpaired) electrons. The normalized spacial score (nSPS) is 18.3. The average molecular weight is 463 g/mol. The van der Waals surface area contributed by atoms with Gasteiger partial charge in [0.1, 0.15) is 11.4 Å². The van der Waals surface area contributed by atoms with Gasteiger partial charge >= 0.3 is 5.97 Å². The molecule has 0 unspecified atom stereocenters. The number of anilines is 1. The third-order valence-electron chi connectivity index (χ3n) is 6.80. The number of rotatable bonds is 4. The molecular weight excluding hydrogens is 432 g/mol. The Morgan fingerprint density at radius 3 is 2.82 bits per heavy atom. The summed E-state index contributed by atoms with van der Waals surface area (Å²) in [5, 5.41) is 1.08. The van der Waals surface area contributed by atoms with Gasteiger partial charge in [0.05, 0.1) is 38.2 Å². The number of hydrogen-bond acceptors (Lipinski definition) is 8. The Labute approximate surface area is 199 Å². The summed E-state index contributed by atoms with van der Waals surface area (Å²) in [5.74, 6) is 1.22. The van der Waals surface area contributed by atoms with Crippen molar-refractivity contribution in [3.05, 3.63) is 53.3 Å². The SMILES string of the molecule is CCc1cc2cc3c(cc2nc1OC)CN1CCN(c2ccc(C(=O)OC)nc2)C[C@H]1CCO3. The van der Waals surface area contributed by atoms with Gasteiger partial charge in [0, 0.05) is 48.7 Å². The Morgan fingerprint density at radius 2 is 2.09 bits per heavy atom. The Hall–Kier alpha value is -3.39. The maximum Gasteiger partial charge on any atom is 0.356 e. The third-order valence-corrected chi connectivity index (χ3v) is 6.80. The quantitative estimate of drug-likeness (QED) is 0.546. The molecule has 1 fully saturated rings. The van der Waals surface area contributed by atoms with E-state index < -0.39 is 5.97 Å². The number of ether oxygens (including phenoxy) is 3. The number of piperazine rings is 1. The lowest BCUT2D eigenvalue weighted by Gasteiger charge is -2.43. The molecule has 0 amide bonds. The van der Waals surface area contributed by atoms with Gasteiger partial charge in [0.25, 0.3) is 0 Å². The second-order valence-corrected chi connectivity index (χ2v) is 8.76. The van der Waals surface area contributed by atoms with Crippen LogP contribution in [0.4, 0.5) is 5.69 Å². The van der Waals surface area contributed by atoms with E-state index in [0.717, 1.165) is 72.5 Å². The van der Waals surface area contributed by atoms with Crippen LogP contribution in [0.1, 0.15) is 35.0 Å². The Morgan fingerprint density at radius 1 is 1.21 bits per heavy atom. The number of benzene rings is 1. The number of pyridine rings is 2. The predicted molar refractivity (Wildman–Crippen MR) is 130 cm³/mol. The molecule has 3 aromatic rings. The standard InChI is InChI=1S/C26H30N4O4/c1-4-17-11-18-13-24-19(12-23(18)28-25(17)32-2)15-29-8-9-30(16-21(29)7-10-34-24)20-5-6-22(27-14-20)26(31)33-3/h5-6,11-14,21H,4,7-10,15-16H2,1-3H3/t21-/m1/s1. The van der Waals surface area contributed by atoms with Gasteiger partial charge in [-0.3, -0.25) is 4.90 Å². The molecule has 2 aliphatic rings. The number of aryl methyl sites for hydroxylation is 1. The van der Waals surface area contributed by atoms with Crippen molar-refractivity contribution in [3.8, 4) is 11.6 Å². The van der Waals surface area contributed by atoms with E-state index in [1.54, 1.807) is 19.4 Å². The first-order valence-electron chi connectivity index (χ1n) is 11.8. The summed E-state index contributed by atoms with van der Waals surface area (Å²) in [7, 11) is 3.04. The van der Waals surface area contributed by atoms with Gasteiger partial charge in [0.2, 0.25) is 5.88 Å². The number of methoxy groups -OCH3 is 2. The van der Waals surface area contributed by atoms with E-state index in [4.69, 9.17) is 19.2 Å². The minimum Gasteiger partial charge on any atom is -0.493 e. The van der Waals surface area contributed by atoms with Gasteiger partial charge in [-0.25, -0.2) is 14.8 Å². The monoisotopic (exact) mass is 462 g/mol. The zero-order chi connectivity index (χ0) is 23.7. The molecule has 4 heterocycles. The number of hydrogen-bond donors (Lipinski definition) is 0. The van der Waals surface area contributed by atoms with Crippen molar-refractivity contribution in [1.29, 1.82) is 0 Å². The molecule has 1 atom stereocenters. The Balaban J connectivity index is 1.36. The number of nitrogens with zero attached hydrogens (tertiary/aromatic N) is 4. The van der Waals surface area contributed by atoms with E-state index >= 15 is 0 Å². The predicted octanol–water partition coefficient (Wildman–Crippen LogP) is 3.46. The summed E-state index contributed by atoms with van der Waals surface area (Å²) in [5.41, 5.74) is 4.54. The maximum absolute atomic E-state index is 11.7. The molecule has 0 saturated carbocycles. The van der Waals surface area contributed by atoms with Crippen molar-refractivity contribution in [3.63, 3.8) is 0 Å². The summed E-state index contributed by atoms with van der Waals surface area (Å²) in [4.78, 5) is 25.6. The minimum absolute atomic E-state index is 0.323. The molecule has 1 aromatic carbocycles. The van der Waals surface area contributed by atoms with Gasteiger partial charge in [-0.2, -0.15) is 0 Å². The molecule has 5 rings (SSSR count). The van der Waals surface area contributed by atoms with Crippen LogP contribution in [0, 0.1) is 0 Å². The fraction of sp³-hybridized carbons (Fsp3) is 0.423. The third kappa shape index (κ3) is 4.25. The molecule has 178 valence electrons. The first-order valence-corrected chi connectivity index (χ1v) is 11.8. The highest BCUT2D eigenvalue weighted by atomic mass is 16.5. The van der Waals surface area contributed by atoms with Gasteiger partial charge in [-0.05, 0) is 43.2 Å². The van der Waals surface area contributed by atoms with Gasteiger partial charge in [0.15, 0.2) is 0 Å². The molecule has 2 aliphatic heterocycles. The summed E-state index contributed by atoms with van der Waals surface area (Å²) >= 11 is 0. The van der Waals surface area contributed by atoms with E-state index in [0.29, 0.717) is 24.2 Å². The topological polar surface area (TPSA) is 77.0 Å². The summed E-state index contributed by atoms with van der Waals surface area (Å²) < 4.78 is 16.5. The van der Waals surface area contributed by atoms with Gasteiger partial charge in [-0.15, -0.1) is 0 Å². The van der Waals surface area contributed by atoms with Crippen molar-refractivity contribution in [2.45, 2.75) is 32.4 Å². The molecule has 0 aliphatic carbocycles. The molecule has 8 nitrogen and oxygen atoms in total. The van der Waals surface area contributed by atoms with Gasteiger partial charge in [-0.1, -0.05) is 6.92 Å². The highest BCUT2D eigenvalue weighted by molar-refractivity contribution is 5.87. The number of esters is 1. The zero-order valence-corrected chi connectivity index (χ0v) is 19.9. The fourth-order valence-electron chi connectivity index (χ4n) is 4.89. The zero-order valence-electron chi connectivity index (χ0n) is 19.9. The minimum atomic E-state index is -0.419. The molecule has 8 heteroatoms. The van der Waals surface area contributed by atoms with E-state index in [1.807, 2.05) is 6.07 Å².